The Morgan fingerprint density at radius 1 is 0.941 bits per heavy atom. The lowest BCUT2D eigenvalue weighted by Crippen LogP contribution is -2.21. The Morgan fingerprint density at radius 3 is 2.12 bits per heavy atom. The first kappa shape index (κ1) is 11.8. The minimum Gasteiger partial charge on any atom is -0.499 e. The molecule has 1 aromatic rings. The number of methoxy groups -OCH3 is 3. The number of rotatable bonds is 5. The van der Waals surface area contributed by atoms with Gasteiger partial charge in [-0.05, 0) is 11.1 Å². The summed E-state index contributed by atoms with van der Waals surface area (Å²) in [5.74, 6) is 0.434. The molecule has 0 saturated carbocycles. The van der Waals surface area contributed by atoms with Gasteiger partial charge in [0.2, 0.25) is 0 Å². The molecule has 2 rings (SSSR count). The summed E-state index contributed by atoms with van der Waals surface area (Å²) in [5, 5.41) is 1.93. The lowest BCUT2D eigenvalue weighted by atomic mass is 9.98. The maximum atomic E-state index is 5.31. The fraction of sp³-hybridized carbons (Fsp3) is 0.231. The van der Waals surface area contributed by atoms with Crippen molar-refractivity contribution in [3.05, 3.63) is 40.7 Å². The van der Waals surface area contributed by atoms with E-state index in [1.807, 2.05) is 0 Å². The summed E-state index contributed by atoms with van der Waals surface area (Å²) in [7, 11) is 5.16. The van der Waals surface area contributed by atoms with Crippen LogP contribution in [0.15, 0.2) is 29.5 Å². The van der Waals surface area contributed by atoms with E-state index in [-0.39, 0.29) is 0 Å². The molecular formula is C13H14O3Si. The van der Waals surface area contributed by atoms with Crippen LogP contribution >= 0.6 is 0 Å². The van der Waals surface area contributed by atoms with Crippen LogP contribution in [0.5, 0.6) is 0 Å². The topological polar surface area (TPSA) is 27.7 Å². The Labute approximate surface area is 104 Å². The van der Waals surface area contributed by atoms with Crippen LogP contribution in [-0.2, 0) is 14.2 Å². The molecule has 0 amide bonds. The highest BCUT2D eigenvalue weighted by atomic mass is 28.2. The highest BCUT2D eigenvalue weighted by Gasteiger charge is 2.13. The molecule has 0 bridgehead atoms. The van der Waals surface area contributed by atoms with Crippen molar-refractivity contribution in [3.63, 3.8) is 0 Å². The molecule has 1 aliphatic carbocycles. The molecule has 0 atom stereocenters. The van der Waals surface area contributed by atoms with Crippen LogP contribution in [-0.4, -0.2) is 30.8 Å². The second kappa shape index (κ2) is 5.10. The molecule has 1 aliphatic rings. The monoisotopic (exact) mass is 246 g/mol. The zero-order valence-corrected chi connectivity index (χ0v) is 11.1. The van der Waals surface area contributed by atoms with E-state index in [9.17, 15) is 0 Å². The molecule has 3 nitrogen and oxygen atoms in total. The van der Waals surface area contributed by atoms with E-state index in [2.05, 4.69) is 30.4 Å². The second-order valence-electron chi connectivity index (χ2n) is 3.53. The zero-order valence-electron chi connectivity index (χ0n) is 10.1. The minimum atomic E-state index is 0.390. The van der Waals surface area contributed by atoms with Crippen molar-refractivity contribution < 1.29 is 14.2 Å². The second-order valence-corrected chi connectivity index (χ2v) is 4.81. The average Bonchev–Trinajstić information content (AvgIpc) is 2.32. The molecule has 0 saturated heterocycles. The van der Waals surface area contributed by atoms with Gasteiger partial charge in [0.1, 0.15) is 0 Å². The third kappa shape index (κ3) is 2.36. The van der Waals surface area contributed by atoms with E-state index >= 15 is 0 Å². The van der Waals surface area contributed by atoms with Gasteiger partial charge in [0, 0.05) is 0 Å². The van der Waals surface area contributed by atoms with Crippen molar-refractivity contribution >= 4 is 26.9 Å². The first-order valence-corrected chi connectivity index (χ1v) is 6.24. The molecule has 0 N–H and O–H groups in total. The molecule has 0 heterocycles. The van der Waals surface area contributed by atoms with Gasteiger partial charge in [-0.15, -0.1) is 0 Å². The van der Waals surface area contributed by atoms with E-state index in [1.54, 1.807) is 21.3 Å². The van der Waals surface area contributed by atoms with Crippen molar-refractivity contribution in [1.29, 1.82) is 0 Å². The molecule has 1 aromatic carbocycles. The summed E-state index contributed by atoms with van der Waals surface area (Å²) in [4.78, 5) is 0. The van der Waals surface area contributed by atoms with Crippen LogP contribution in [0.4, 0.5) is 0 Å². The van der Waals surface area contributed by atoms with Crippen LogP contribution in [0.3, 0.4) is 0 Å². The molecule has 88 valence electrons. The van der Waals surface area contributed by atoms with Crippen molar-refractivity contribution in [1.82, 2.24) is 0 Å². The Kier molecular flexibility index (Phi) is 3.54. The standard InChI is InChI=1S/C13H14O3Si/c1-14-12(15-2)13(16-3)17-11-7-6-9-4-5-10(9)8-11/h4-8H,1-3H3. The molecule has 4 heteroatoms. The molecule has 0 aromatic heterocycles. The molecule has 0 spiro atoms. The highest BCUT2D eigenvalue weighted by molar-refractivity contribution is 6.60. The van der Waals surface area contributed by atoms with Gasteiger partial charge in [-0.2, -0.15) is 0 Å². The maximum absolute atomic E-state index is 5.31. The largest absolute Gasteiger partial charge is 0.499 e. The van der Waals surface area contributed by atoms with E-state index in [0.29, 0.717) is 15.5 Å². The summed E-state index contributed by atoms with van der Waals surface area (Å²) >= 11 is 0. The average molecular weight is 246 g/mol. The van der Waals surface area contributed by atoms with Crippen LogP contribution < -0.4 is 5.19 Å². The van der Waals surface area contributed by atoms with Gasteiger partial charge in [0.15, 0.2) is 14.9 Å². The molecule has 0 unspecified atom stereocenters. The van der Waals surface area contributed by atoms with Gasteiger partial charge in [-0.25, -0.2) is 0 Å². The first-order valence-electron chi connectivity index (χ1n) is 5.24. The van der Waals surface area contributed by atoms with Crippen LogP contribution in [0, 0.1) is 0 Å². The van der Waals surface area contributed by atoms with E-state index in [4.69, 9.17) is 14.2 Å². The quantitative estimate of drug-likeness (QED) is 0.592. The van der Waals surface area contributed by atoms with E-state index in [0.717, 1.165) is 5.38 Å². The number of benzene rings is 1. The first-order chi connectivity index (χ1) is 8.28. The SMILES string of the molecule is COC(OC)=C(OC)[Si]c1ccc2c(c1)C=C2. The number of hydrogen-bond acceptors (Lipinski definition) is 3. The van der Waals surface area contributed by atoms with Gasteiger partial charge in [-0.3, -0.25) is 0 Å². The van der Waals surface area contributed by atoms with Gasteiger partial charge < -0.3 is 14.2 Å². The lowest BCUT2D eigenvalue weighted by Gasteiger charge is -2.14. The normalized spacial score (nSPS) is 11.2. The molecule has 17 heavy (non-hydrogen) atoms. The predicted octanol–water partition coefficient (Wildman–Crippen LogP) is 1.57. The van der Waals surface area contributed by atoms with Crippen molar-refractivity contribution in [2.45, 2.75) is 0 Å². The van der Waals surface area contributed by atoms with Gasteiger partial charge in [-0.1, -0.05) is 35.5 Å². The number of ether oxygens (including phenoxy) is 3. The van der Waals surface area contributed by atoms with Gasteiger partial charge >= 0.3 is 5.95 Å². The smallest absolute Gasteiger partial charge is 0.312 e. The summed E-state index contributed by atoms with van der Waals surface area (Å²) in [5.41, 5.74) is 2.57. The zero-order chi connectivity index (χ0) is 12.3. The van der Waals surface area contributed by atoms with Gasteiger partial charge in [0.05, 0.1) is 21.3 Å². The van der Waals surface area contributed by atoms with Crippen molar-refractivity contribution in [3.8, 4) is 0 Å². The Hall–Kier alpha value is -1.68. The summed E-state index contributed by atoms with van der Waals surface area (Å²) < 4.78 is 15.5. The lowest BCUT2D eigenvalue weighted by molar-refractivity contribution is 0.0756. The Bertz CT molecular complexity index is 472. The predicted molar refractivity (Wildman–Crippen MR) is 68.8 cm³/mol. The minimum absolute atomic E-state index is 0.390. The third-order valence-electron chi connectivity index (χ3n) is 2.55. The van der Waals surface area contributed by atoms with Crippen LogP contribution in [0.1, 0.15) is 11.1 Å². The highest BCUT2D eigenvalue weighted by Crippen LogP contribution is 2.21. The summed E-state index contributed by atoms with van der Waals surface area (Å²) in [6.07, 6.45) is 4.21. The third-order valence-corrected chi connectivity index (χ3v) is 3.78. The number of hydrogen-bond donors (Lipinski definition) is 0. The molecule has 0 aliphatic heterocycles. The summed E-state index contributed by atoms with van der Waals surface area (Å²) in [6, 6.07) is 6.38. The fourth-order valence-electron chi connectivity index (χ4n) is 1.62. The molecule has 2 radical (unpaired) electrons. The van der Waals surface area contributed by atoms with Crippen molar-refractivity contribution in [2.24, 2.45) is 0 Å². The van der Waals surface area contributed by atoms with Gasteiger partial charge in [0.25, 0.3) is 0 Å². The van der Waals surface area contributed by atoms with E-state index in [1.165, 1.54) is 16.3 Å². The molecular weight excluding hydrogens is 232 g/mol. The Morgan fingerprint density at radius 2 is 1.65 bits per heavy atom. The van der Waals surface area contributed by atoms with Crippen LogP contribution in [0.25, 0.3) is 12.2 Å². The fourth-order valence-corrected chi connectivity index (χ4v) is 2.68. The van der Waals surface area contributed by atoms with Crippen LogP contribution in [0.2, 0.25) is 0 Å². The summed E-state index contributed by atoms with van der Waals surface area (Å²) in [6.45, 7) is 0. The Balaban J connectivity index is 2.19. The van der Waals surface area contributed by atoms with Crippen molar-refractivity contribution in [2.75, 3.05) is 21.3 Å². The number of fused-ring (bicyclic) bond motifs is 1. The van der Waals surface area contributed by atoms with E-state index < -0.39 is 0 Å². The maximum Gasteiger partial charge on any atom is 0.312 e. The molecule has 0 fully saturated rings.